The quantitative estimate of drug-likeness (QED) is 0.502. The van der Waals surface area contributed by atoms with Gasteiger partial charge in [-0.25, -0.2) is 0 Å². The molecule has 0 atom stereocenters. The van der Waals surface area contributed by atoms with Crippen LogP contribution in [0.1, 0.15) is 6.42 Å². The zero-order valence-corrected chi connectivity index (χ0v) is 5.44. The molecule has 0 aromatic rings. The van der Waals surface area contributed by atoms with Crippen LogP contribution >= 0.6 is 0 Å². The summed E-state index contributed by atoms with van der Waals surface area (Å²) < 4.78 is 0.664. The van der Waals surface area contributed by atoms with E-state index in [1.807, 2.05) is 0 Å². The van der Waals surface area contributed by atoms with Crippen molar-refractivity contribution < 1.29 is 4.79 Å². The van der Waals surface area contributed by atoms with Gasteiger partial charge >= 0.3 is 47.3 Å². The van der Waals surface area contributed by atoms with Gasteiger partial charge in [-0.3, -0.25) is 0 Å². The molecule has 0 amide bonds. The Labute approximate surface area is 48.0 Å². The molecule has 0 unspecified atom stereocenters. The van der Waals surface area contributed by atoms with Gasteiger partial charge in [0.1, 0.15) is 0 Å². The molecule has 1 aliphatic rings. The van der Waals surface area contributed by atoms with Crippen LogP contribution in [0.15, 0.2) is 0 Å². The van der Waals surface area contributed by atoms with Gasteiger partial charge in [0.25, 0.3) is 0 Å². The number of hydrogen-bond donors (Lipinski definition) is 1. The number of ketones is 1. The van der Waals surface area contributed by atoms with Gasteiger partial charge in [-0.2, -0.15) is 0 Å². The third-order valence-electron chi connectivity index (χ3n) is 0.765. The van der Waals surface area contributed by atoms with Gasteiger partial charge < -0.3 is 0 Å². The Hall–Kier alpha value is -0.141. The molecule has 0 spiro atoms. The maximum absolute atomic E-state index is 10.3. The zero-order valence-electron chi connectivity index (χ0n) is 3.73. The fraction of sp³-hybridized carbons (Fsp3) is 0.500. The molecule has 1 heterocycles. The van der Waals surface area contributed by atoms with Crippen molar-refractivity contribution in [2.24, 2.45) is 0 Å². The zero-order chi connectivity index (χ0) is 5.28. The van der Waals surface area contributed by atoms with Crippen LogP contribution in [0.25, 0.3) is 0 Å². The summed E-state index contributed by atoms with van der Waals surface area (Å²) in [6.45, 7) is 0. The van der Waals surface area contributed by atoms with Gasteiger partial charge in [0.05, 0.1) is 0 Å². The van der Waals surface area contributed by atoms with Crippen LogP contribution in [0.3, 0.4) is 0 Å². The fourth-order valence-electron chi connectivity index (χ4n) is 0.449. The molecular weight excluding hydrogens is 157 g/mol. The molecular formula is C4H5NOSe. The van der Waals surface area contributed by atoms with Crippen molar-refractivity contribution in [3.05, 3.63) is 0 Å². The van der Waals surface area contributed by atoms with Crippen LogP contribution in [-0.4, -0.2) is 25.4 Å². The standard InChI is InChI=1S/C4H5NOSe/c5-4-1-3(6)2-7-4/h5H,1-2H2. The van der Waals surface area contributed by atoms with E-state index < -0.39 is 0 Å². The second-order valence-corrected chi connectivity index (χ2v) is 3.67. The Bertz CT molecular complexity index is 107. The summed E-state index contributed by atoms with van der Waals surface area (Å²) in [6, 6.07) is 0. The number of rotatable bonds is 0. The topological polar surface area (TPSA) is 40.9 Å². The van der Waals surface area contributed by atoms with Crippen molar-refractivity contribution in [3.63, 3.8) is 0 Å². The normalized spacial score (nSPS) is 21.1. The summed E-state index contributed by atoms with van der Waals surface area (Å²) in [7, 11) is 0. The summed E-state index contributed by atoms with van der Waals surface area (Å²) in [5.41, 5.74) is 0. The first-order valence-electron chi connectivity index (χ1n) is 2.01. The number of Topliss-reactive ketones (excluding diaryl/α,β-unsaturated/α-hetero) is 1. The molecule has 2 nitrogen and oxygen atoms in total. The van der Waals surface area contributed by atoms with E-state index in [2.05, 4.69) is 0 Å². The molecule has 1 fully saturated rings. The molecule has 0 bridgehead atoms. The van der Waals surface area contributed by atoms with Crippen LogP contribution in [0.2, 0.25) is 5.32 Å². The molecule has 0 aliphatic carbocycles. The minimum absolute atomic E-state index is 0.233. The van der Waals surface area contributed by atoms with Crippen LogP contribution < -0.4 is 0 Å². The van der Waals surface area contributed by atoms with Gasteiger partial charge in [0, 0.05) is 0 Å². The molecule has 38 valence electrons. The molecule has 0 radical (unpaired) electrons. The van der Waals surface area contributed by atoms with Gasteiger partial charge in [0.2, 0.25) is 0 Å². The predicted octanol–water partition coefficient (Wildman–Crippen LogP) is 0.0590. The van der Waals surface area contributed by atoms with Crippen molar-refractivity contribution in [3.8, 4) is 0 Å². The van der Waals surface area contributed by atoms with Crippen molar-refractivity contribution in [1.29, 1.82) is 5.41 Å². The number of nitrogens with one attached hydrogen (secondary N) is 1. The predicted molar refractivity (Wildman–Crippen MR) is 27.9 cm³/mol. The monoisotopic (exact) mass is 163 g/mol. The number of carbonyl (C=O) groups is 1. The third-order valence-corrected chi connectivity index (χ3v) is 2.78. The van der Waals surface area contributed by atoms with Crippen molar-refractivity contribution >= 4 is 25.4 Å². The average molecular weight is 162 g/mol. The van der Waals surface area contributed by atoms with E-state index in [-0.39, 0.29) is 20.7 Å². The van der Waals surface area contributed by atoms with E-state index in [0.29, 0.717) is 16.4 Å². The first-order chi connectivity index (χ1) is 3.29. The summed E-state index contributed by atoms with van der Waals surface area (Å²) in [4.78, 5) is 10.3. The van der Waals surface area contributed by atoms with E-state index in [9.17, 15) is 4.79 Å². The van der Waals surface area contributed by atoms with Gasteiger partial charge in [-0.15, -0.1) is 0 Å². The Morgan fingerprint density at radius 3 is 2.57 bits per heavy atom. The Morgan fingerprint density at radius 1 is 1.71 bits per heavy atom. The van der Waals surface area contributed by atoms with Crippen molar-refractivity contribution in [2.45, 2.75) is 11.7 Å². The molecule has 1 saturated heterocycles. The molecule has 0 saturated carbocycles. The molecule has 0 aromatic heterocycles. The Balaban J connectivity index is 2.55. The molecule has 1 aliphatic heterocycles. The molecule has 0 aromatic carbocycles. The molecule has 1 N–H and O–H groups in total. The van der Waals surface area contributed by atoms with E-state index in [4.69, 9.17) is 5.41 Å². The number of hydrogen-bond acceptors (Lipinski definition) is 2. The van der Waals surface area contributed by atoms with E-state index in [0.717, 1.165) is 0 Å². The van der Waals surface area contributed by atoms with E-state index in [1.165, 1.54) is 0 Å². The van der Waals surface area contributed by atoms with E-state index in [1.54, 1.807) is 0 Å². The van der Waals surface area contributed by atoms with Gasteiger partial charge in [0.15, 0.2) is 0 Å². The van der Waals surface area contributed by atoms with Crippen LogP contribution in [0.5, 0.6) is 0 Å². The Morgan fingerprint density at radius 2 is 2.43 bits per heavy atom. The SMILES string of the molecule is N=C1CC(=O)C[Se]1. The molecule has 3 heteroatoms. The average Bonchev–Trinajstić information content (AvgIpc) is 1.87. The van der Waals surface area contributed by atoms with Gasteiger partial charge in [-0.05, 0) is 0 Å². The molecule has 1 rings (SSSR count). The van der Waals surface area contributed by atoms with Crippen LogP contribution in [-0.2, 0) is 4.79 Å². The summed E-state index contributed by atoms with van der Waals surface area (Å²) >= 11 is 0.233. The number of carbonyl (C=O) groups excluding carboxylic acids is 1. The first kappa shape index (κ1) is 5.01. The second-order valence-electron chi connectivity index (χ2n) is 1.43. The van der Waals surface area contributed by atoms with E-state index >= 15 is 0 Å². The van der Waals surface area contributed by atoms with Crippen molar-refractivity contribution in [1.82, 2.24) is 0 Å². The fourth-order valence-corrected chi connectivity index (χ4v) is 1.92. The second kappa shape index (κ2) is 1.76. The molecule has 7 heavy (non-hydrogen) atoms. The summed E-state index contributed by atoms with van der Waals surface area (Å²) in [5.74, 6) is 0.255. The summed E-state index contributed by atoms with van der Waals surface area (Å²) in [6.07, 6.45) is 0.444. The maximum atomic E-state index is 10.3. The van der Waals surface area contributed by atoms with Crippen LogP contribution in [0.4, 0.5) is 0 Å². The van der Waals surface area contributed by atoms with Gasteiger partial charge in [-0.1, -0.05) is 0 Å². The summed E-state index contributed by atoms with van der Waals surface area (Å²) in [5, 5.41) is 7.66. The third kappa shape index (κ3) is 1.11. The van der Waals surface area contributed by atoms with Crippen LogP contribution in [0, 0.1) is 5.41 Å². The van der Waals surface area contributed by atoms with Crippen molar-refractivity contribution in [2.75, 3.05) is 0 Å². The first-order valence-corrected chi connectivity index (χ1v) is 4.08. The Kier molecular flexibility index (Phi) is 1.26. The minimum atomic E-state index is 0.233.